The summed E-state index contributed by atoms with van der Waals surface area (Å²) in [7, 11) is 0. The highest BCUT2D eigenvalue weighted by molar-refractivity contribution is 14.0. The summed E-state index contributed by atoms with van der Waals surface area (Å²) in [6, 6.07) is 5.80. The summed E-state index contributed by atoms with van der Waals surface area (Å²) in [5.74, 6) is 0.432. The number of benzene rings is 1. The lowest BCUT2D eigenvalue weighted by atomic mass is 9.94. The summed E-state index contributed by atoms with van der Waals surface area (Å²) in [6.07, 6.45) is 3.87. The molecular weight excluding hydrogens is 304 g/mol. The first kappa shape index (κ1) is 12.5. The van der Waals surface area contributed by atoms with Crippen molar-refractivity contribution in [3.63, 3.8) is 0 Å². The van der Waals surface area contributed by atoms with Gasteiger partial charge in [0.25, 0.3) is 0 Å². The molecule has 82 valence electrons. The predicted molar refractivity (Wildman–Crippen MR) is 73.4 cm³/mol. The van der Waals surface area contributed by atoms with Crippen LogP contribution in [-0.2, 0) is 0 Å². The fourth-order valence-corrected chi connectivity index (χ4v) is 1.83. The summed E-state index contributed by atoms with van der Waals surface area (Å²) in [6.45, 7) is 4.61. The van der Waals surface area contributed by atoms with E-state index < -0.39 is 0 Å². The fourth-order valence-electron chi connectivity index (χ4n) is 1.83. The van der Waals surface area contributed by atoms with Gasteiger partial charge in [-0.05, 0) is 17.5 Å². The quantitative estimate of drug-likeness (QED) is 0.555. The lowest BCUT2D eigenvalue weighted by Gasteiger charge is -2.22. The molecule has 15 heavy (non-hydrogen) atoms. The van der Waals surface area contributed by atoms with Crippen LogP contribution in [0.3, 0.4) is 0 Å². The Morgan fingerprint density at radius 2 is 2.07 bits per heavy atom. The van der Waals surface area contributed by atoms with E-state index in [0.717, 1.165) is 10.7 Å². The van der Waals surface area contributed by atoms with Gasteiger partial charge in [0, 0.05) is 5.56 Å². The zero-order chi connectivity index (χ0) is 10.1. The molecule has 0 radical (unpaired) electrons. The van der Waals surface area contributed by atoms with E-state index in [2.05, 4.69) is 19.9 Å². The summed E-state index contributed by atoms with van der Waals surface area (Å²) >= 11 is 0. The van der Waals surface area contributed by atoms with E-state index in [9.17, 15) is 4.48 Å². The molecular formula is C12H15FIN. The molecule has 1 nitrogen and oxygen atoms in total. The van der Waals surface area contributed by atoms with Crippen molar-refractivity contribution in [1.29, 1.82) is 0 Å². The van der Waals surface area contributed by atoms with Gasteiger partial charge in [0.2, 0.25) is 0 Å². The molecule has 0 atom stereocenters. The Kier molecular flexibility index (Phi) is 4.13. The second kappa shape index (κ2) is 4.96. The molecule has 0 aromatic heterocycles. The standard InChI is InChI=1S/C12H14FN.HI/c1-9(2)10-5-3-7-12-11(10)6-4-8-14(12)13;/h3-7,9H,8H2,1-2H3;1H. The molecule has 0 bridgehead atoms. The molecule has 0 N–H and O–H groups in total. The van der Waals surface area contributed by atoms with Crippen LogP contribution in [0.4, 0.5) is 10.2 Å². The normalized spacial score (nSPS) is 13.7. The number of anilines is 1. The van der Waals surface area contributed by atoms with E-state index in [-0.39, 0.29) is 24.0 Å². The Morgan fingerprint density at radius 3 is 2.73 bits per heavy atom. The number of fused-ring (bicyclic) bond motifs is 1. The number of hydrogen-bond donors (Lipinski definition) is 0. The first-order valence-electron chi connectivity index (χ1n) is 4.93. The molecule has 0 aliphatic carbocycles. The number of halogens is 2. The van der Waals surface area contributed by atoms with Gasteiger partial charge >= 0.3 is 0 Å². The third-order valence-corrected chi connectivity index (χ3v) is 2.55. The average molecular weight is 319 g/mol. The van der Waals surface area contributed by atoms with Crippen molar-refractivity contribution in [3.05, 3.63) is 35.4 Å². The minimum Gasteiger partial charge on any atom is -0.207 e. The Morgan fingerprint density at radius 1 is 1.33 bits per heavy atom. The highest BCUT2D eigenvalue weighted by atomic mass is 127. The van der Waals surface area contributed by atoms with Crippen LogP contribution in [0.15, 0.2) is 24.3 Å². The summed E-state index contributed by atoms with van der Waals surface area (Å²) < 4.78 is 13.4. The predicted octanol–water partition coefficient (Wildman–Crippen LogP) is 4.15. The van der Waals surface area contributed by atoms with Crippen molar-refractivity contribution in [2.75, 3.05) is 11.7 Å². The molecule has 1 aromatic rings. The lowest BCUT2D eigenvalue weighted by molar-refractivity contribution is 0.453. The molecule has 1 aliphatic rings. The van der Waals surface area contributed by atoms with Gasteiger partial charge in [-0.2, -0.15) is 0 Å². The van der Waals surface area contributed by atoms with Crippen LogP contribution in [0.2, 0.25) is 0 Å². The Labute approximate surface area is 107 Å². The van der Waals surface area contributed by atoms with Crippen molar-refractivity contribution in [3.8, 4) is 0 Å². The van der Waals surface area contributed by atoms with Crippen LogP contribution in [0.5, 0.6) is 0 Å². The molecule has 1 aliphatic heterocycles. The monoisotopic (exact) mass is 319 g/mol. The zero-order valence-electron chi connectivity index (χ0n) is 8.90. The molecule has 0 unspecified atom stereocenters. The molecule has 2 rings (SSSR count). The fraction of sp³-hybridized carbons (Fsp3) is 0.333. The van der Waals surface area contributed by atoms with Crippen molar-refractivity contribution in [1.82, 2.24) is 0 Å². The van der Waals surface area contributed by atoms with Crippen LogP contribution < -0.4 is 5.12 Å². The molecule has 1 heterocycles. The summed E-state index contributed by atoms with van der Waals surface area (Å²) in [5, 5.41) is 0.793. The first-order chi connectivity index (χ1) is 6.70. The summed E-state index contributed by atoms with van der Waals surface area (Å²) in [5.41, 5.74) is 2.93. The molecule has 0 amide bonds. The summed E-state index contributed by atoms with van der Waals surface area (Å²) in [4.78, 5) is 0. The maximum Gasteiger partial charge on any atom is 0.0766 e. The maximum atomic E-state index is 13.4. The smallest absolute Gasteiger partial charge is 0.0766 e. The van der Waals surface area contributed by atoms with E-state index in [1.807, 2.05) is 24.3 Å². The van der Waals surface area contributed by atoms with Gasteiger partial charge in [0.05, 0.1) is 12.2 Å². The minimum atomic E-state index is 0. The van der Waals surface area contributed by atoms with Crippen LogP contribution in [0.25, 0.3) is 6.08 Å². The Bertz CT molecular complexity index is 374. The maximum absolute atomic E-state index is 13.4. The molecule has 0 saturated heterocycles. The molecule has 3 heteroatoms. The zero-order valence-corrected chi connectivity index (χ0v) is 11.2. The van der Waals surface area contributed by atoms with Gasteiger partial charge in [-0.25, -0.2) is 5.12 Å². The molecule has 0 fully saturated rings. The van der Waals surface area contributed by atoms with Gasteiger partial charge in [-0.3, -0.25) is 0 Å². The van der Waals surface area contributed by atoms with Crippen LogP contribution in [0, 0.1) is 0 Å². The largest absolute Gasteiger partial charge is 0.207 e. The van der Waals surface area contributed by atoms with Gasteiger partial charge in [-0.1, -0.05) is 42.6 Å². The number of rotatable bonds is 1. The van der Waals surface area contributed by atoms with Gasteiger partial charge < -0.3 is 0 Å². The molecule has 0 spiro atoms. The highest BCUT2D eigenvalue weighted by Gasteiger charge is 2.16. The van der Waals surface area contributed by atoms with Crippen molar-refractivity contribution in [2.24, 2.45) is 0 Å². The SMILES string of the molecule is CC(C)c1cccc2c1C=CCN2F.I. The van der Waals surface area contributed by atoms with E-state index in [1.54, 1.807) is 0 Å². The van der Waals surface area contributed by atoms with E-state index in [0.29, 0.717) is 18.2 Å². The topological polar surface area (TPSA) is 3.24 Å². The third kappa shape index (κ3) is 2.33. The van der Waals surface area contributed by atoms with Gasteiger partial charge in [0.1, 0.15) is 0 Å². The minimum absolute atomic E-state index is 0. The number of nitrogens with zero attached hydrogens (tertiary/aromatic N) is 1. The third-order valence-electron chi connectivity index (χ3n) is 2.55. The molecule has 1 aromatic carbocycles. The Balaban J connectivity index is 0.00000112. The van der Waals surface area contributed by atoms with Crippen LogP contribution in [-0.4, -0.2) is 6.54 Å². The second-order valence-electron chi connectivity index (χ2n) is 3.88. The second-order valence-corrected chi connectivity index (χ2v) is 3.88. The van der Waals surface area contributed by atoms with Gasteiger partial charge in [0.15, 0.2) is 0 Å². The van der Waals surface area contributed by atoms with E-state index in [1.165, 1.54) is 5.56 Å². The lowest BCUT2D eigenvalue weighted by Crippen LogP contribution is -2.16. The van der Waals surface area contributed by atoms with E-state index in [4.69, 9.17) is 0 Å². The number of hydrogen-bond acceptors (Lipinski definition) is 1. The first-order valence-corrected chi connectivity index (χ1v) is 4.93. The molecule has 0 saturated carbocycles. The van der Waals surface area contributed by atoms with Crippen molar-refractivity contribution >= 4 is 35.7 Å². The highest BCUT2D eigenvalue weighted by Crippen LogP contribution is 2.32. The van der Waals surface area contributed by atoms with E-state index >= 15 is 0 Å². The Hall–Kier alpha value is -0.580. The van der Waals surface area contributed by atoms with Crippen molar-refractivity contribution in [2.45, 2.75) is 19.8 Å². The average Bonchev–Trinajstić information content (AvgIpc) is 2.17. The van der Waals surface area contributed by atoms with Crippen molar-refractivity contribution < 1.29 is 4.48 Å². The van der Waals surface area contributed by atoms with Crippen LogP contribution in [0.1, 0.15) is 30.9 Å². The van der Waals surface area contributed by atoms with Gasteiger partial charge in [-0.15, -0.1) is 24.0 Å². The van der Waals surface area contributed by atoms with Crippen LogP contribution >= 0.6 is 24.0 Å².